The van der Waals surface area contributed by atoms with Crippen molar-refractivity contribution < 1.29 is 4.74 Å². The summed E-state index contributed by atoms with van der Waals surface area (Å²) in [5.41, 5.74) is 3.09. The number of ether oxygens (including phenoxy) is 1. The minimum absolute atomic E-state index is 0.597. The molecule has 5 nitrogen and oxygen atoms in total. The summed E-state index contributed by atoms with van der Waals surface area (Å²) in [5.74, 6) is 1.62. The summed E-state index contributed by atoms with van der Waals surface area (Å²) in [6.45, 7) is 2.58. The van der Waals surface area contributed by atoms with Crippen molar-refractivity contribution >= 4 is 17.3 Å². The van der Waals surface area contributed by atoms with Gasteiger partial charge in [0.2, 0.25) is 0 Å². The van der Waals surface area contributed by atoms with Crippen molar-refractivity contribution in [3.05, 3.63) is 41.7 Å². The highest BCUT2D eigenvalue weighted by Gasteiger charge is 2.06. The SMILES string of the molecule is CNc1ncnc(Nc2cccc(COC)c2)c1C. The van der Waals surface area contributed by atoms with Gasteiger partial charge in [0.05, 0.1) is 6.61 Å². The van der Waals surface area contributed by atoms with Crippen molar-refractivity contribution in [2.24, 2.45) is 0 Å². The zero-order chi connectivity index (χ0) is 13.7. The highest BCUT2D eigenvalue weighted by molar-refractivity contribution is 5.64. The third kappa shape index (κ3) is 3.20. The molecule has 0 saturated carbocycles. The number of benzene rings is 1. The van der Waals surface area contributed by atoms with Crippen molar-refractivity contribution in [1.82, 2.24) is 9.97 Å². The Morgan fingerprint density at radius 3 is 2.74 bits per heavy atom. The molecule has 0 spiro atoms. The van der Waals surface area contributed by atoms with Crippen molar-refractivity contribution in [2.75, 3.05) is 24.8 Å². The second kappa shape index (κ2) is 6.15. The van der Waals surface area contributed by atoms with Crippen molar-refractivity contribution in [1.29, 1.82) is 0 Å². The average molecular weight is 258 g/mol. The first kappa shape index (κ1) is 13.3. The minimum Gasteiger partial charge on any atom is -0.380 e. The second-order valence-electron chi connectivity index (χ2n) is 4.20. The van der Waals surface area contributed by atoms with Gasteiger partial charge in [-0.2, -0.15) is 0 Å². The fourth-order valence-corrected chi connectivity index (χ4v) is 1.87. The van der Waals surface area contributed by atoms with Crippen molar-refractivity contribution in [3.8, 4) is 0 Å². The lowest BCUT2D eigenvalue weighted by Gasteiger charge is -2.11. The summed E-state index contributed by atoms with van der Waals surface area (Å²) >= 11 is 0. The standard InChI is InChI=1S/C14H18N4O/c1-10-13(15-2)16-9-17-14(10)18-12-6-4-5-11(7-12)8-19-3/h4-7,9H,8H2,1-3H3,(H2,15,16,17,18). The molecule has 0 radical (unpaired) electrons. The predicted molar refractivity (Wildman–Crippen MR) is 76.8 cm³/mol. The summed E-state index contributed by atoms with van der Waals surface area (Å²) in [7, 11) is 3.53. The largest absolute Gasteiger partial charge is 0.380 e. The van der Waals surface area contributed by atoms with Gasteiger partial charge in [0.15, 0.2) is 0 Å². The Kier molecular flexibility index (Phi) is 4.30. The van der Waals surface area contributed by atoms with E-state index in [1.165, 1.54) is 0 Å². The molecule has 0 fully saturated rings. The van der Waals surface area contributed by atoms with Gasteiger partial charge in [-0.15, -0.1) is 0 Å². The van der Waals surface area contributed by atoms with Crippen LogP contribution in [0.5, 0.6) is 0 Å². The van der Waals surface area contributed by atoms with Gasteiger partial charge in [-0.3, -0.25) is 0 Å². The lowest BCUT2D eigenvalue weighted by molar-refractivity contribution is 0.185. The number of rotatable bonds is 5. The molecule has 19 heavy (non-hydrogen) atoms. The Labute approximate surface area is 113 Å². The first-order valence-corrected chi connectivity index (χ1v) is 6.09. The summed E-state index contributed by atoms with van der Waals surface area (Å²) in [6, 6.07) is 8.07. The third-order valence-corrected chi connectivity index (χ3v) is 2.82. The van der Waals surface area contributed by atoms with Gasteiger partial charge in [0, 0.05) is 25.4 Å². The zero-order valence-corrected chi connectivity index (χ0v) is 11.4. The molecule has 0 aliphatic heterocycles. The van der Waals surface area contributed by atoms with E-state index in [4.69, 9.17) is 4.74 Å². The Morgan fingerprint density at radius 1 is 1.21 bits per heavy atom. The molecule has 2 rings (SSSR count). The quantitative estimate of drug-likeness (QED) is 0.863. The van der Waals surface area contributed by atoms with Crippen LogP contribution >= 0.6 is 0 Å². The highest BCUT2D eigenvalue weighted by Crippen LogP contribution is 2.22. The Bertz CT molecular complexity index is 557. The molecule has 0 atom stereocenters. The predicted octanol–water partition coefficient (Wildman–Crippen LogP) is 2.72. The number of hydrogen-bond donors (Lipinski definition) is 2. The molecule has 0 saturated heterocycles. The van der Waals surface area contributed by atoms with E-state index in [0.29, 0.717) is 6.61 Å². The Balaban J connectivity index is 2.23. The molecule has 1 aromatic heterocycles. The smallest absolute Gasteiger partial charge is 0.138 e. The molecular weight excluding hydrogens is 240 g/mol. The van der Waals surface area contributed by atoms with Crippen molar-refractivity contribution in [3.63, 3.8) is 0 Å². The molecule has 5 heteroatoms. The van der Waals surface area contributed by atoms with E-state index in [1.807, 2.05) is 38.2 Å². The van der Waals surface area contributed by atoms with Gasteiger partial charge in [-0.1, -0.05) is 12.1 Å². The van der Waals surface area contributed by atoms with E-state index < -0.39 is 0 Å². The normalized spacial score (nSPS) is 10.3. The number of anilines is 3. The highest BCUT2D eigenvalue weighted by atomic mass is 16.5. The van der Waals surface area contributed by atoms with Crippen LogP contribution in [0.3, 0.4) is 0 Å². The number of methoxy groups -OCH3 is 1. The van der Waals surface area contributed by atoms with Gasteiger partial charge in [-0.05, 0) is 24.6 Å². The van der Waals surface area contributed by atoms with Crippen LogP contribution in [0.2, 0.25) is 0 Å². The molecule has 0 bridgehead atoms. The summed E-state index contributed by atoms with van der Waals surface area (Å²) in [4.78, 5) is 8.43. The van der Waals surface area contributed by atoms with Gasteiger partial charge in [-0.25, -0.2) is 9.97 Å². The molecule has 1 aromatic carbocycles. The minimum atomic E-state index is 0.597. The topological polar surface area (TPSA) is 59.1 Å². The first-order valence-electron chi connectivity index (χ1n) is 6.09. The summed E-state index contributed by atoms with van der Waals surface area (Å²) < 4.78 is 5.13. The molecule has 0 amide bonds. The molecule has 0 unspecified atom stereocenters. The number of nitrogens with one attached hydrogen (secondary N) is 2. The van der Waals surface area contributed by atoms with Crippen LogP contribution < -0.4 is 10.6 Å². The van der Waals surface area contributed by atoms with E-state index in [9.17, 15) is 0 Å². The molecule has 100 valence electrons. The second-order valence-corrected chi connectivity index (χ2v) is 4.20. The van der Waals surface area contributed by atoms with E-state index >= 15 is 0 Å². The van der Waals surface area contributed by atoms with Gasteiger partial charge in [0.1, 0.15) is 18.0 Å². The lowest BCUT2D eigenvalue weighted by atomic mass is 10.2. The van der Waals surface area contributed by atoms with Gasteiger partial charge < -0.3 is 15.4 Å². The maximum absolute atomic E-state index is 5.13. The van der Waals surface area contributed by atoms with Crippen LogP contribution in [0.25, 0.3) is 0 Å². The van der Waals surface area contributed by atoms with Crippen LogP contribution in [0.1, 0.15) is 11.1 Å². The van der Waals surface area contributed by atoms with Crippen LogP contribution in [-0.4, -0.2) is 24.1 Å². The zero-order valence-electron chi connectivity index (χ0n) is 11.4. The van der Waals surface area contributed by atoms with Crippen molar-refractivity contribution in [2.45, 2.75) is 13.5 Å². The maximum Gasteiger partial charge on any atom is 0.138 e. The number of nitrogens with zero attached hydrogens (tertiary/aromatic N) is 2. The molecule has 2 N–H and O–H groups in total. The van der Waals surface area contributed by atoms with Crippen LogP contribution in [-0.2, 0) is 11.3 Å². The molecule has 0 aliphatic carbocycles. The Morgan fingerprint density at radius 2 is 2.00 bits per heavy atom. The molecule has 2 aromatic rings. The Hall–Kier alpha value is -2.14. The lowest BCUT2D eigenvalue weighted by Crippen LogP contribution is -2.02. The van der Waals surface area contributed by atoms with Gasteiger partial charge >= 0.3 is 0 Å². The van der Waals surface area contributed by atoms with Gasteiger partial charge in [0.25, 0.3) is 0 Å². The average Bonchev–Trinajstić information content (AvgIpc) is 2.42. The fraction of sp³-hybridized carbons (Fsp3) is 0.286. The van der Waals surface area contributed by atoms with Crippen LogP contribution in [0, 0.1) is 6.92 Å². The fourth-order valence-electron chi connectivity index (χ4n) is 1.87. The molecule has 0 aliphatic rings. The molecular formula is C14H18N4O. The number of aromatic nitrogens is 2. The summed E-state index contributed by atoms with van der Waals surface area (Å²) in [6.07, 6.45) is 1.54. The third-order valence-electron chi connectivity index (χ3n) is 2.82. The summed E-state index contributed by atoms with van der Waals surface area (Å²) in [5, 5.41) is 6.34. The first-order chi connectivity index (χ1) is 9.24. The number of hydrogen-bond acceptors (Lipinski definition) is 5. The van der Waals surface area contributed by atoms with E-state index in [2.05, 4.69) is 20.6 Å². The monoisotopic (exact) mass is 258 g/mol. The van der Waals surface area contributed by atoms with E-state index in [0.717, 1.165) is 28.5 Å². The van der Waals surface area contributed by atoms with E-state index in [1.54, 1.807) is 13.4 Å². The van der Waals surface area contributed by atoms with Crippen LogP contribution in [0.15, 0.2) is 30.6 Å². The van der Waals surface area contributed by atoms with E-state index in [-0.39, 0.29) is 0 Å². The van der Waals surface area contributed by atoms with Crippen LogP contribution in [0.4, 0.5) is 17.3 Å². The maximum atomic E-state index is 5.13. The molecule has 1 heterocycles.